The van der Waals surface area contributed by atoms with E-state index in [0.717, 1.165) is 22.5 Å². The smallest absolute Gasteiger partial charge is 0.201 e. The molecule has 1 atom stereocenters. The van der Waals surface area contributed by atoms with E-state index in [1.54, 1.807) is 0 Å². The molecule has 0 unspecified atom stereocenters. The van der Waals surface area contributed by atoms with Crippen LogP contribution in [0.15, 0.2) is 18.2 Å². The van der Waals surface area contributed by atoms with Crippen molar-refractivity contribution in [3.8, 4) is 0 Å². The maximum Gasteiger partial charge on any atom is 0.201 e. The van der Waals surface area contributed by atoms with E-state index in [0.29, 0.717) is 11.3 Å². The Labute approximate surface area is 137 Å². The summed E-state index contributed by atoms with van der Waals surface area (Å²) in [4.78, 5) is 27.5. The third kappa shape index (κ3) is 3.21. The molecule has 1 aromatic heterocycles. The number of benzene rings is 1. The molecule has 2 N–H and O–H groups in total. The highest BCUT2D eigenvalue weighted by molar-refractivity contribution is 6.05. The van der Waals surface area contributed by atoms with Crippen LogP contribution in [-0.2, 0) is 0 Å². The van der Waals surface area contributed by atoms with Crippen molar-refractivity contribution < 1.29 is 9.59 Å². The van der Waals surface area contributed by atoms with Crippen LogP contribution in [0.3, 0.4) is 0 Å². The van der Waals surface area contributed by atoms with Crippen molar-refractivity contribution in [1.29, 1.82) is 0 Å². The van der Waals surface area contributed by atoms with Crippen LogP contribution in [0.2, 0.25) is 0 Å². The Kier molecular flexibility index (Phi) is 4.73. The second kappa shape index (κ2) is 6.41. The Hall–Kier alpha value is -2.36. The topological polar surface area (TPSA) is 62.0 Å². The molecular weight excluding hydrogens is 288 g/mol. The van der Waals surface area contributed by atoms with Crippen molar-refractivity contribution in [1.82, 2.24) is 4.98 Å². The second-order valence-electron chi connectivity index (χ2n) is 6.16. The van der Waals surface area contributed by atoms with Crippen molar-refractivity contribution in [2.45, 2.75) is 47.6 Å². The molecule has 0 amide bonds. The first-order valence-corrected chi connectivity index (χ1v) is 7.81. The van der Waals surface area contributed by atoms with Crippen LogP contribution < -0.4 is 5.32 Å². The highest BCUT2D eigenvalue weighted by atomic mass is 16.1. The molecule has 4 nitrogen and oxygen atoms in total. The molecule has 0 aliphatic rings. The fourth-order valence-corrected chi connectivity index (χ4v) is 2.95. The number of Topliss-reactive ketones (excluding diaryl/α,β-unsaturated/α-hetero) is 2. The number of aromatic nitrogens is 1. The molecule has 122 valence electrons. The monoisotopic (exact) mass is 312 g/mol. The van der Waals surface area contributed by atoms with E-state index in [1.807, 2.05) is 52.8 Å². The van der Waals surface area contributed by atoms with Crippen molar-refractivity contribution in [2.24, 2.45) is 0 Å². The number of hydrogen-bond donors (Lipinski definition) is 2. The third-order valence-corrected chi connectivity index (χ3v) is 4.41. The van der Waals surface area contributed by atoms with Gasteiger partial charge in [0.15, 0.2) is 5.78 Å². The summed E-state index contributed by atoms with van der Waals surface area (Å²) in [6.07, 6.45) is 0. The average molecular weight is 312 g/mol. The van der Waals surface area contributed by atoms with Crippen molar-refractivity contribution in [3.63, 3.8) is 0 Å². The zero-order chi connectivity index (χ0) is 17.3. The van der Waals surface area contributed by atoms with Crippen LogP contribution in [-0.4, -0.2) is 22.6 Å². The van der Waals surface area contributed by atoms with E-state index in [-0.39, 0.29) is 17.6 Å². The van der Waals surface area contributed by atoms with Gasteiger partial charge in [-0.15, -0.1) is 0 Å². The van der Waals surface area contributed by atoms with Crippen molar-refractivity contribution in [3.05, 3.63) is 51.8 Å². The van der Waals surface area contributed by atoms with Gasteiger partial charge in [0.2, 0.25) is 5.78 Å². The lowest BCUT2D eigenvalue weighted by atomic mass is 10.0. The number of nitrogens with one attached hydrogen (secondary N) is 2. The minimum Gasteiger partial charge on any atom is -0.375 e. The van der Waals surface area contributed by atoms with Gasteiger partial charge < -0.3 is 10.3 Å². The molecule has 2 rings (SSSR count). The number of carbonyl (C=O) groups excluding carboxylic acids is 2. The van der Waals surface area contributed by atoms with E-state index in [4.69, 9.17) is 0 Å². The van der Waals surface area contributed by atoms with Gasteiger partial charge in [0, 0.05) is 16.9 Å². The Morgan fingerprint density at radius 3 is 2.30 bits per heavy atom. The Morgan fingerprint density at radius 2 is 1.74 bits per heavy atom. The van der Waals surface area contributed by atoms with Gasteiger partial charge in [-0.2, -0.15) is 0 Å². The zero-order valence-corrected chi connectivity index (χ0v) is 14.6. The second-order valence-corrected chi connectivity index (χ2v) is 6.16. The van der Waals surface area contributed by atoms with Gasteiger partial charge >= 0.3 is 0 Å². The number of H-pyrrole nitrogens is 1. The lowest BCUT2D eigenvalue weighted by Gasteiger charge is -2.17. The Balaban J connectivity index is 2.29. The molecule has 1 heterocycles. The Bertz CT molecular complexity index is 772. The molecule has 0 radical (unpaired) electrons. The summed E-state index contributed by atoms with van der Waals surface area (Å²) in [5.41, 5.74) is 5.88. The van der Waals surface area contributed by atoms with Crippen LogP contribution in [0.4, 0.5) is 5.69 Å². The molecule has 0 bridgehead atoms. The molecule has 2 aromatic rings. The van der Waals surface area contributed by atoms with Gasteiger partial charge in [-0.05, 0) is 64.3 Å². The van der Waals surface area contributed by atoms with E-state index in [9.17, 15) is 9.59 Å². The Morgan fingerprint density at radius 1 is 1.09 bits per heavy atom. The summed E-state index contributed by atoms with van der Waals surface area (Å²) < 4.78 is 0. The number of aromatic amines is 1. The maximum absolute atomic E-state index is 12.7. The molecular formula is C19H24N2O2. The number of hydrogen-bond acceptors (Lipinski definition) is 3. The fraction of sp³-hybridized carbons (Fsp3) is 0.368. The quantitative estimate of drug-likeness (QED) is 0.816. The summed E-state index contributed by atoms with van der Waals surface area (Å²) in [5, 5.41) is 3.28. The summed E-state index contributed by atoms with van der Waals surface area (Å²) >= 11 is 0. The highest BCUT2D eigenvalue weighted by Gasteiger charge is 2.23. The summed E-state index contributed by atoms with van der Waals surface area (Å²) in [6.45, 7) is 11.1. The first kappa shape index (κ1) is 17.0. The van der Waals surface area contributed by atoms with Gasteiger partial charge in [-0.3, -0.25) is 9.59 Å². The predicted octanol–water partition coefficient (Wildman–Crippen LogP) is 4.13. The minimum absolute atomic E-state index is 0.0227. The summed E-state index contributed by atoms with van der Waals surface area (Å²) in [6, 6.07) is 5.61. The molecule has 0 saturated carbocycles. The zero-order valence-electron chi connectivity index (χ0n) is 14.6. The normalized spacial score (nSPS) is 12.1. The molecule has 0 aliphatic heterocycles. The SMILES string of the molecule is CC(=O)c1c(C)[nH]c(C(=O)[C@H](C)Nc2cccc(C)c2C)c1C. The van der Waals surface area contributed by atoms with Gasteiger partial charge in [-0.1, -0.05) is 12.1 Å². The van der Waals surface area contributed by atoms with Crippen LogP contribution in [0.5, 0.6) is 0 Å². The fourth-order valence-electron chi connectivity index (χ4n) is 2.95. The number of carbonyl (C=O) groups is 2. The third-order valence-electron chi connectivity index (χ3n) is 4.41. The van der Waals surface area contributed by atoms with Crippen molar-refractivity contribution in [2.75, 3.05) is 5.32 Å². The first-order chi connectivity index (χ1) is 10.7. The largest absolute Gasteiger partial charge is 0.375 e. The van der Waals surface area contributed by atoms with Crippen LogP contribution in [0.1, 0.15) is 57.1 Å². The van der Waals surface area contributed by atoms with Gasteiger partial charge in [-0.25, -0.2) is 0 Å². The molecule has 0 fully saturated rings. The molecule has 0 saturated heterocycles. The molecule has 23 heavy (non-hydrogen) atoms. The summed E-state index contributed by atoms with van der Waals surface area (Å²) in [7, 11) is 0. The molecule has 1 aromatic carbocycles. The van der Waals surface area contributed by atoms with E-state index in [1.165, 1.54) is 12.5 Å². The van der Waals surface area contributed by atoms with Gasteiger partial charge in [0.1, 0.15) is 0 Å². The lowest BCUT2D eigenvalue weighted by Crippen LogP contribution is -2.27. The average Bonchev–Trinajstić information content (AvgIpc) is 2.78. The maximum atomic E-state index is 12.7. The van der Waals surface area contributed by atoms with E-state index >= 15 is 0 Å². The van der Waals surface area contributed by atoms with Crippen LogP contribution in [0.25, 0.3) is 0 Å². The predicted molar refractivity (Wildman–Crippen MR) is 93.6 cm³/mol. The number of aryl methyl sites for hydroxylation is 2. The van der Waals surface area contributed by atoms with E-state index < -0.39 is 0 Å². The summed E-state index contributed by atoms with van der Waals surface area (Å²) in [5.74, 6) is -0.0653. The van der Waals surface area contributed by atoms with Crippen LogP contribution >= 0.6 is 0 Å². The standard InChI is InChI=1S/C19H24N2O2/c1-10-8-7-9-16(11(10)2)20-14(5)19(23)18-12(3)17(15(6)22)13(4)21-18/h7-9,14,20-21H,1-6H3/t14-/m0/s1. The number of rotatable bonds is 5. The highest BCUT2D eigenvalue weighted by Crippen LogP contribution is 2.22. The molecule has 4 heteroatoms. The van der Waals surface area contributed by atoms with E-state index in [2.05, 4.69) is 10.3 Å². The number of anilines is 1. The lowest BCUT2D eigenvalue weighted by molar-refractivity contribution is 0.0970. The van der Waals surface area contributed by atoms with Gasteiger partial charge in [0.05, 0.1) is 11.7 Å². The molecule has 0 aliphatic carbocycles. The minimum atomic E-state index is -0.382. The molecule has 0 spiro atoms. The van der Waals surface area contributed by atoms with Crippen LogP contribution in [0, 0.1) is 27.7 Å². The first-order valence-electron chi connectivity index (χ1n) is 7.81. The number of ketones is 2. The van der Waals surface area contributed by atoms with Crippen molar-refractivity contribution >= 4 is 17.3 Å². The van der Waals surface area contributed by atoms with Gasteiger partial charge in [0.25, 0.3) is 0 Å².